The van der Waals surface area contributed by atoms with Gasteiger partial charge in [-0.3, -0.25) is 10.1 Å². The lowest BCUT2D eigenvalue weighted by Crippen LogP contribution is -1.95. The lowest BCUT2D eigenvalue weighted by atomic mass is 10.1. The van der Waals surface area contributed by atoms with E-state index in [4.69, 9.17) is 5.73 Å². The van der Waals surface area contributed by atoms with Crippen LogP contribution in [0.4, 0.5) is 10.1 Å². The first-order valence-corrected chi connectivity index (χ1v) is 3.96. The van der Waals surface area contributed by atoms with Gasteiger partial charge >= 0.3 is 5.69 Å². The zero-order valence-corrected chi connectivity index (χ0v) is 7.31. The molecule has 0 aliphatic carbocycles. The van der Waals surface area contributed by atoms with E-state index in [2.05, 4.69) is 0 Å². The minimum Gasteiger partial charge on any atom is -0.327 e. The number of hydrogen-bond donors (Lipinski definition) is 1. The Morgan fingerprint density at radius 1 is 1.57 bits per heavy atom. The van der Waals surface area contributed by atoms with Gasteiger partial charge in [-0.15, -0.1) is 0 Å². The SMILES string of the molecule is NC/C=C/c1cccc([N+](=O)[O-])c1F. The number of rotatable bonds is 3. The predicted molar refractivity (Wildman–Crippen MR) is 51.1 cm³/mol. The molecular formula is C9H9FN2O2. The maximum absolute atomic E-state index is 13.3. The Morgan fingerprint density at radius 2 is 2.29 bits per heavy atom. The fourth-order valence-electron chi connectivity index (χ4n) is 1.00. The van der Waals surface area contributed by atoms with Crippen molar-refractivity contribution in [3.8, 4) is 0 Å². The van der Waals surface area contributed by atoms with Gasteiger partial charge in [0.25, 0.3) is 0 Å². The van der Waals surface area contributed by atoms with Gasteiger partial charge in [0, 0.05) is 18.2 Å². The van der Waals surface area contributed by atoms with Crippen LogP contribution in [0.3, 0.4) is 0 Å². The van der Waals surface area contributed by atoms with Crippen molar-refractivity contribution >= 4 is 11.8 Å². The lowest BCUT2D eigenvalue weighted by molar-refractivity contribution is -0.387. The van der Waals surface area contributed by atoms with Gasteiger partial charge in [0.15, 0.2) is 0 Å². The van der Waals surface area contributed by atoms with Crippen molar-refractivity contribution in [2.45, 2.75) is 0 Å². The number of nitro groups is 1. The van der Waals surface area contributed by atoms with Crippen LogP contribution in [0.1, 0.15) is 5.56 Å². The van der Waals surface area contributed by atoms with Crippen molar-refractivity contribution in [1.82, 2.24) is 0 Å². The summed E-state index contributed by atoms with van der Waals surface area (Å²) >= 11 is 0. The van der Waals surface area contributed by atoms with Gasteiger partial charge in [-0.25, -0.2) is 0 Å². The summed E-state index contributed by atoms with van der Waals surface area (Å²) in [5, 5.41) is 10.4. The van der Waals surface area contributed by atoms with Gasteiger partial charge in [0.2, 0.25) is 5.82 Å². The molecule has 0 aliphatic rings. The molecule has 0 unspecified atom stereocenters. The van der Waals surface area contributed by atoms with Crippen molar-refractivity contribution in [3.05, 3.63) is 45.8 Å². The molecule has 0 fully saturated rings. The molecule has 1 aromatic rings. The Labute approximate surface area is 80.0 Å². The molecule has 0 atom stereocenters. The maximum atomic E-state index is 13.3. The number of benzene rings is 1. The maximum Gasteiger partial charge on any atom is 0.305 e. The molecule has 0 bridgehead atoms. The highest BCUT2D eigenvalue weighted by Crippen LogP contribution is 2.20. The average Bonchev–Trinajstić information content (AvgIpc) is 2.16. The molecular weight excluding hydrogens is 187 g/mol. The summed E-state index contributed by atoms with van der Waals surface area (Å²) in [4.78, 5) is 9.61. The van der Waals surface area contributed by atoms with E-state index in [0.717, 1.165) is 6.07 Å². The molecule has 0 aromatic heterocycles. The van der Waals surface area contributed by atoms with Gasteiger partial charge in [-0.1, -0.05) is 24.3 Å². The van der Waals surface area contributed by atoms with E-state index in [9.17, 15) is 14.5 Å². The van der Waals surface area contributed by atoms with E-state index >= 15 is 0 Å². The summed E-state index contributed by atoms with van der Waals surface area (Å²) in [7, 11) is 0. The van der Waals surface area contributed by atoms with Crippen molar-refractivity contribution in [1.29, 1.82) is 0 Å². The molecule has 4 nitrogen and oxygen atoms in total. The van der Waals surface area contributed by atoms with E-state index in [1.807, 2.05) is 0 Å². The highest BCUT2D eigenvalue weighted by atomic mass is 19.1. The summed E-state index contributed by atoms with van der Waals surface area (Å²) in [6.45, 7) is 0.266. The fraction of sp³-hybridized carbons (Fsp3) is 0.111. The highest BCUT2D eigenvalue weighted by molar-refractivity contribution is 5.54. The van der Waals surface area contributed by atoms with Gasteiger partial charge < -0.3 is 5.73 Å². The zero-order chi connectivity index (χ0) is 10.6. The van der Waals surface area contributed by atoms with E-state index in [0.29, 0.717) is 0 Å². The van der Waals surface area contributed by atoms with E-state index < -0.39 is 16.4 Å². The predicted octanol–water partition coefficient (Wildman–Crippen LogP) is 1.71. The van der Waals surface area contributed by atoms with Crippen molar-refractivity contribution in [2.75, 3.05) is 6.54 Å². The molecule has 1 aromatic carbocycles. The van der Waals surface area contributed by atoms with Gasteiger partial charge in [-0.2, -0.15) is 4.39 Å². The van der Waals surface area contributed by atoms with Crippen LogP contribution in [0.2, 0.25) is 0 Å². The molecule has 1 rings (SSSR count). The normalized spacial score (nSPS) is 10.7. The topological polar surface area (TPSA) is 69.2 Å². The van der Waals surface area contributed by atoms with Gasteiger partial charge in [0.05, 0.1) is 4.92 Å². The molecule has 0 spiro atoms. The number of hydrogen-bond acceptors (Lipinski definition) is 3. The summed E-state index contributed by atoms with van der Waals surface area (Å²) in [5.41, 5.74) is 4.83. The number of nitrogens with two attached hydrogens (primary N) is 1. The number of halogens is 1. The van der Waals surface area contributed by atoms with Crippen LogP contribution >= 0.6 is 0 Å². The third-order valence-electron chi connectivity index (χ3n) is 1.64. The molecule has 0 heterocycles. The first kappa shape index (κ1) is 10.3. The molecule has 0 saturated heterocycles. The Hall–Kier alpha value is -1.75. The quantitative estimate of drug-likeness (QED) is 0.591. The standard InChI is InChI=1S/C9H9FN2O2/c10-9-7(4-2-6-11)3-1-5-8(9)12(13)14/h1-5H,6,11H2/b4-2+. The fourth-order valence-corrected chi connectivity index (χ4v) is 1.00. The lowest BCUT2D eigenvalue weighted by Gasteiger charge is -1.97. The third-order valence-corrected chi connectivity index (χ3v) is 1.64. The van der Waals surface area contributed by atoms with Gasteiger partial charge in [-0.05, 0) is 0 Å². The number of nitro benzene ring substituents is 1. The average molecular weight is 196 g/mol. The van der Waals surface area contributed by atoms with Crippen LogP contribution in [-0.2, 0) is 0 Å². The first-order valence-electron chi connectivity index (χ1n) is 3.96. The molecule has 0 saturated carbocycles. The minimum atomic E-state index is -0.831. The Bertz CT molecular complexity index is 377. The monoisotopic (exact) mass is 196 g/mol. The van der Waals surface area contributed by atoms with E-state index in [1.54, 1.807) is 0 Å². The van der Waals surface area contributed by atoms with Crippen LogP contribution in [-0.4, -0.2) is 11.5 Å². The van der Waals surface area contributed by atoms with Crippen molar-refractivity contribution in [2.24, 2.45) is 5.73 Å². The van der Waals surface area contributed by atoms with Crippen LogP contribution in [0, 0.1) is 15.9 Å². The van der Waals surface area contributed by atoms with Crippen molar-refractivity contribution in [3.63, 3.8) is 0 Å². The Morgan fingerprint density at radius 3 is 2.86 bits per heavy atom. The summed E-state index contributed by atoms with van der Waals surface area (Å²) in [5.74, 6) is -0.831. The van der Waals surface area contributed by atoms with Gasteiger partial charge in [0.1, 0.15) is 0 Å². The van der Waals surface area contributed by atoms with E-state index in [1.165, 1.54) is 24.3 Å². The van der Waals surface area contributed by atoms with Crippen molar-refractivity contribution < 1.29 is 9.31 Å². The highest BCUT2D eigenvalue weighted by Gasteiger charge is 2.15. The largest absolute Gasteiger partial charge is 0.327 e. The summed E-state index contributed by atoms with van der Waals surface area (Å²) < 4.78 is 13.3. The van der Waals surface area contributed by atoms with Crippen LogP contribution in [0.25, 0.3) is 6.08 Å². The molecule has 0 aliphatic heterocycles. The van der Waals surface area contributed by atoms with Crippen LogP contribution < -0.4 is 5.73 Å². The Kier molecular flexibility index (Phi) is 3.30. The first-order chi connectivity index (χ1) is 6.66. The van der Waals surface area contributed by atoms with Crippen LogP contribution in [0.5, 0.6) is 0 Å². The molecule has 0 amide bonds. The molecule has 14 heavy (non-hydrogen) atoms. The third kappa shape index (κ3) is 2.14. The molecule has 2 N–H and O–H groups in total. The smallest absolute Gasteiger partial charge is 0.305 e. The Balaban J connectivity index is 3.14. The number of nitrogens with zero attached hydrogens (tertiary/aromatic N) is 1. The molecule has 0 radical (unpaired) electrons. The minimum absolute atomic E-state index is 0.171. The summed E-state index contributed by atoms with van der Waals surface area (Å²) in [6.07, 6.45) is 2.95. The molecule has 5 heteroatoms. The molecule has 74 valence electrons. The second-order valence-electron chi connectivity index (χ2n) is 2.58. The summed E-state index contributed by atoms with van der Waals surface area (Å²) in [6, 6.07) is 4.00. The van der Waals surface area contributed by atoms with Crippen LogP contribution in [0.15, 0.2) is 24.3 Å². The zero-order valence-electron chi connectivity index (χ0n) is 7.31. The second-order valence-corrected chi connectivity index (χ2v) is 2.58. The van der Waals surface area contributed by atoms with E-state index in [-0.39, 0.29) is 12.1 Å². The second kappa shape index (κ2) is 4.48.